The molecular formula is C10H11IO. The summed E-state index contributed by atoms with van der Waals surface area (Å²) in [7, 11) is 0. The van der Waals surface area contributed by atoms with E-state index < -0.39 is 0 Å². The van der Waals surface area contributed by atoms with Crippen LogP contribution in [-0.2, 0) is 4.74 Å². The molecule has 1 fully saturated rings. The molecule has 0 aliphatic carbocycles. The van der Waals surface area contributed by atoms with E-state index in [0.29, 0.717) is 10.0 Å². The van der Waals surface area contributed by atoms with Gasteiger partial charge in [-0.2, -0.15) is 0 Å². The normalized spacial score (nSPS) is 29.1. The highest BCUT2D eigenvalue weighted by molar-refractivity contribution is 14.1. The van der Waals surface area contributed by atoms with Crippen LogP contribution >= 0.6 is 22.6 Å². The quantitative estimate of drug-likeness (QED) is 0.565. The van der Waals surface area contributed by atoms with E-state index in [2.05, 4.69) is 46.9 Å². The van der Waals surface area contributed by atoms with Crippen molar-refractivity contribution in [1.29, 1.82) is 0 Å². The summed E-state index contributed by atoms with van der Waals surface area (Å²) in [5.41, 5.74) is 1.31. The monoisotopic (exact) mass is 274 g/mol. The topological polar surface area (TPSA) is 9.23 Å². The molecule has 12 heavy (non-hydrogen) atoms. The van der Waals surface area contributed by atoms with E-state index in [9.17, 15) is 0 Å². The van der Waals surface area contributed by atoms with Crippen molar-refractivity contribution in [2.75, 3.05) is 6.61 Å². The maximum atomic E-state index is 5.64. The van der Waals surface area contributed by atoms with E-state index in [4.69, 9.17) is 4.74 Å². The largest absolute Gasteiger partial charge is 0.372 e. The molecule has 64 valence electrons. The van der Waals surface area contributed by atoms with Crippen LogP contribution < -0.4 is 0 Å². The molecule has 1 aromatic rings. The smallest absolute Gasteiger partial charge is 0.0943 e. The zero-order valence-electron chi connectivity index (χ0n) is 6.74. The molecule has 0 spiro atoms. The van der Waals surface area contributed by atoms with Gasteiger partial charge in [0.1, 0.15) is 0 Å². The molecule has 2 rings (SSSR count). The average molecular weight is 274 g/mol. The number of alkyl halides is 1. The van der Waals surface area contributed by atoms with Crippen molar-refractivity contribution in [1.82, 2.24) is 0 Å². The predicted molar refractivity (Wildman–Crippen MR) is 57.6 cm³/mol. The van der Waals surface area contributed by atoms with Gasteiger partial charge in [0.05, 0.1) is 6.10 Å². The van der Waals surface area contributed by atoms with E-state index in [1.54, 1.807) is 0 Å². The van der Waals surface area contributed by atoms with Crippen LogP contribution in [0.4, 0.5) is 0 Å². The van der Waals surface area contributed by atoms with Crippen LogP contribution in [0.2, 0.25) is 0 Å². The zero-order chi connectivity index (χ0) is 8.39. The number of hydrogen-bond donors (Lipinski definition) is 0. The molecule has 1 nitrogen and oxygen atoms in total. The summed E-state index contributed by atoms with van der Waals surface area (Å²) in [5.74, 6) is 0. The summed E-state index contributed by atoms with van der Waals surface area (Å²) in [4.78, 5) is 0. The Kier molecular flexibility index (Phi) is 2.66. The molecule has 1 saturated heterocycles. The first-order valence-electron chi connectivity index (χ1n) is 4.18. The molecule has 0 saturated carbocycles. The SMILES string of the molecule is I[C@@H]1CCO[C@@H]1c1ccccc1. The Balaban J connectivity index is 2.19. The minimum atomic E-state index is 0.326. The molecular weight excluding hydrogens is 263 g/mol. The predicted octanol–water partition coefficient (Wildman–Crippen LogP) is 2.95. The van der Waals surface area contributed by atoms with Gasteiger partial charge in [-0.15, -0.1) is 0 Å². The Morgan fingerprint density at radius 1 is 1.25 bits per heavy atom. The van der Waals surface area contributed by atoms with Gasteiger partial charge in [0.15, 0.2) is 0 Å². The summed E-state index contributed by atoms with van der Waals surface area (Å²) in [5, 5.41) is 0. The molecule has 0 aromatic heterocycles. The van der Waals surface area contributed by atoms with Crippen molar-refractivity contribution in [3.05, 3.63) is 35.9 Å². The van der Waals surface area contributed by atoms with Gasteiger partial charge in [0.25, 0.3) is 0 Å². The highest BCUT2D eigenvalue weighted by atomic mass is 127. The summed E-state index contributed by atoms with van der Waals surface area (Å²) in [6.45, 7) is 0.910. The van der Waals surface area contributed by atoms with Gasteiger partial charge in [-0.25, -0.2) is 0 Å². The van der Waals surface area contributed by atoms with Crippen LogP contribution in [0.5, 0.6) is 0 Å². The lowest BCUT2D eigenvalue weighted by atomic mass is 10.1. The first-order valence-corrected chi connectivity index (χ1v) is 5.43. The zero-order valence-corrected chi connectivity index (χ0v) is 8.90. The van der Waals surface area contributed by atoms with Crippen molar-refractivity contribution >= 4 is 22.6 Å². The van der Waals surface area contributed by atoms with Crippen molar-refractivity contribution < 1.29 is 4.74 Å². The second kappa shape index (κ2) is 3.75. The summed E-state index contributed by atoms with van der Waals surface area (Å²) < 4.78 is 6.29. The van der Waals surface area contributed by atoms with Gasteiger partial charge >= 0.3 is 0 Å². The number of halogens is 1. The molecule has 1 heterocycles. The van der Waals surface area contributed by atoms with E-state index in [1.165, 1.54) is 12.0 Å². The van der Waals surface area contributed by atoms with Gasteiger partial charge in [0.2, 0.25) is 0 Å². The highest BCUT2D eigenvalue weighted by Crippen LogP contribution is 2.34. The van der Waals surface area contributed by atoms with Crippen LogP contribution in [0, 0.1) is 0 Å². The van der Waals surface area contributed by atoms with Crippen LogP contribution in [0.15, 0.2) is 30.3 Å². The first kappa shape index (κ1) is 8.51. The van der Waals surface area contributed by atoms with E-state index in [0.717, 1.165) is 6.61 Å². The molecule has 0 unspecified atom stereocenters. The van der Waals surface area contributed by atoms with Crippen molar-refractivity contribution in [2.45, 2.75) is 16.4 Å². The van der Waals surface area contributed by atoms with Crippen LogP contribution in [0.1, 0.15) is 18.1 Å². The third-order valence-electron chi connectivity index (χ3n) is 2.15. The fourth-order valence-electron chi connectivity index (χ4n) is 1.51. The van der Waals surface area contributed by atoms with Gasteiger partial charge < -0.3 is 4.74 Å². The lowest BCUT2D eigenvalue weighted by Crippen LogP contribution is -2.05. The van der Waals surface area contributed by atoms with Crippen LogP contribution in [0.25, 0.3) is 0 Å². The summed E-state index contributed by atoms with van der Waals surface area (Å²) >= 11 is 2.47. The lowest BCUT2D eigenvalue weighted by Gasteiger charge is -2.12. The second-order valence-electron chi connectivity index (χ2n) is 3.01. The lowest BCUT2D eigenvalue weighted by molar-refractivity contribution is 0.115. The van der Waals surface area contributed by atoms with E-state index in [1.807, 2.05) is 6.07 Å². The first-order chi connectivity index (χ1) is 5.88. The molecule has 1 aliphatic rings. The fraction of sp³-hybridized carbons (Fsp3) is 0.400. The van der Waals surface area contributed by atoms with Crippen molar-refractivity contribution in [2.24, 2.45) is 0 Å². The summed E-state index contributed by atoms with van der Waals surface area (Å²) in [6, 6.07) is 10.5. The standard InChI is InChI=1S/C10H11IO/c11-9-6-7-12-10(9)8-4-2-1-3-5-8/h1-5,9-10H,6-7H2/t9-,10-/m1/s1. The molecule has 0 N–H and O–H groups in total. The molecule has 1 aromatic carbocycles. The minimum absolute atomic E-state index is 0.326. The summed E-state index contributed by atoms with van der Waals surface area (Å²) in [6.07, 6.45) is 1.51. The molecule has 1 aliphatic heterocycles. The Hall–Kier alpha value is -0.0900. The van der Waals surface area contributed by atoms with Crippen LogP contribution in [0.3, 0.4) is 0 Å². The fourth-order valence-corrected chi connectivity index (χ4v) is 2.39. The Morgan fingerprint density at radius 3 is 2.58 bits per heavy atom. The van der Waals surface area contributed by atoms with Crippen molar-refractivity contribution in [3.8, 4) is 0 Å². The molecule has 0 bridgehead atoms. The third-order valence-corrected chi connectivity index (χ3v) is 3.42. The highest BCUT2D eigenvalue weighted by Gasteiger charge is 2.26. The Bertz CT molecular complexity index is 247. The molecule has 2 atom stereocenters. The number of benzene rings is 1. The molecule has 0 radical (unpaired) electrons. The maximum absolute atomic E-state index is 5.64. The Labute approximate surface area is 86.3 Å². The van der Waals surface area contributed by atoms with Gasteiger partial charge in [-0.1, -0.05) is 52.9 Å². The third kappa shape index (κ3) is 1.64. The minimum Gasteiger partial charge on any atom is -0.372 e. The van der Waals surface area contributed by atoms with Gasteiger partial charge in [0, 0.05) is 10.5 Å². The molecule has 2 heteroatoms. The van der Waals surface area contributed by atoms with Crippen LogP contribution in [-0.4, -0.2) is 10.5 Å². The second-order valence-corrected chi connectivity index (χ2v) is 4.61. The van der Waals surface area contributed by atoms with Crippen molar-refractivity contribution in [3.63, 3.8) is 0 Å². The Morgan fingerprint density at radius 2 is 2.00 bits per heavy atom. The average Bonchev–Trinajstić information content (AvgIpc) is 2.53. The number of ether oxygens (including phenoxy) is 1. The number of rotatable bonds is 1. The van der Waals surface area contributed by atoms with E-state index in [-0.39, 0.29) is 0 Å². The van der Waals surface area contributed by atoms with Gasteiger partial charge in [-0.3, -0.25) is 0 Å². The number of hydrogen-bond acceptors (Lipinski definition) is 1. The molecule has 0 amide bonds. The van der Waals surface area contributed by atoms with E-state index >= 15 is 0 Å². The van der Waals surface area contributed by atoms with Gasteiger partial charge in [-0.05, 0) is 12.0 Å². The maximum Gasteiger partial charge on any atom is 0.0943 e.